The van der Waals surface area contributed by atoms with Crippen LogP contribution in [-0.2, 0) is 4.79 Å². The first-order chi connectivity index (χ1) is 9.67. The zero-order valence-electron chi connectivity index (χ0n) is 12.3. The fraction of sp³-hybridized carbons (Fsp3) is 0.438. The summed E-state index contributed by atoms with van der Waals surface area (Å²) in [5.74, 6) is 0.568. The van der Waals surface area contributed by atoms with Crippen LogP contribution in [0.2, 0.25) is 0 Å². The van der Waals surface area contributed by atoms with Crippen LogP contribution in [0, 0.1) is 0 Å². The second-order valence-corrected chi connectivity index (χ2v) is 4.69. The van der Waals surface area contributed by atoms with Crippen LogP contribution in [0.1, 0.15) is 38.2 Å². The Hall–Kier alpha value is -1.97. The number of anilines is 1. The number of nitrogens with two attached hydrogens (primary N) is 1. The van der Waals surface area contributed by atoms with E-state index in [0.717, 1.165) is 24.9 Å². The normalized spacial score (nSPS) is 10.7. The van der Waals surface area contributed by atoms with Crippen molar-refractivity contribution in [3.63, 3.8) is 0 Å². The maximum atomic E-state index is 11.6. The maximum absolute atomic E-state index is 11.6. The Labute approximate surface area is 121 Å². The molecule has 20 heavy (non-hydrogen) atoms. The Bertz CT molecular complexity index is 456. The summed E-state index contributed by atoms with van der Waals surface area (Å²) in [6, 6.07) is 5.43. The molecule has 0 aliphatic carbocycles. The molecule has 0 saturated carbocycles. The van der Waals surface area contributed by atoms with Crippen LogP contribution in [0.3, 0.4) is 0 Å². The highest BCUT2D eigenvalue weighted by Gasteiger charge is 1.99. The fourth-order valence-corrected chi connectivity index (χ4v) is 1.85. The van der Waals surface area contributed by atoms with E-state index in [0.29, 0.717) is 11.4 Å². The summed E-state index contributed by atoms with van der Waals surface area (Å²) < 4.78 is 5.08. The molecule has 0 bridgehead atoms. The molecule has 0 fully saturated rings. The van der Waals surface area contributed by atoms with Gasteiger partial charge in [-0.25, -0.2) is 0 Å². The van der Waals surface area contributed by atoms with Crippen molar-refractivity contribution in [1.82, 2.24) is 5.32 Å². The Morgan fingerprint density at radius 1 is 1.35 bits per heavy atom. The Kier molecular flexibility index (Phi) is 7.25. The third-order valence-electron chi connectivity index (χ3n) is 3.01. The first-order valence-corrected chi connectivity index (χ1v) is 7.06. The molecule has 0 aromatic heterocycles. The number of hydrogen-bond donors (Lipinski definition) is 2. The molecule has 1 rings (SSSR count). The Balaban J connectivity index is 2.39. The van der Waals surface area contributed by atoms with Crippen molar-refractivity contribution in [2.45, 2.75) is 32.6 Å². The zero-order valence-corrected chi connectivity index (χ0v) is 12.3. The van der Waals surface area contributed by atoms with Gasteiger partial charge in [-0.1, -0.05) is 32.3 Å². The van der Waals surface area contributed by atoms with Gasteiger partial charge in [0.05, 0.1) is 12.8 Å². The van der Waals surface area contributed by atoms with Gasteiger partial charge in [0.1, 0.15) is 5.75 Å². The second-order valence-electron chi connectivity index (χ2n) is 4.69. The molecule has 0 aliphatic rings. The first-order valence-electron chi connectivity index (χ1n) is 7.06. The summed E-state index contributed by atoms with van der Waals surface area (Å²) in [7, 11) is 1.58. The summed E-state index contributed by atoms with van der Waals surface area (Å²) in [4.78, 5) is 11.6. The van der Waals surface area contributed by atoms with E-state index in [1.165, 1.54) is 18.9 Å². The summed E-state index contributed by atoms with van der Waals surface area (Å²) in [5.41, 5.74) is 7.25. The standard InChI is InChI=1S/C16H24N2O2/c1-3-4-5-6-11-18-16(19)10-8-13-7-9-15(20-2)14(17)12-13/h7-10,12H,3-6,11,17H2,1-2H3,(H,18,19)/b10-8-. The highest BCUT2D eigenvalue weighted by Crippen LogP contribution is 2.22. The number of nitrogen functional groups attached to an aromatic ring is 1. The molecule has 0 saturated heterocycles. The van der Waals surface area contributed by atoms with Gasteiger partial charge in [0.25, 0.3) is 0 Å². The number of ether oxygens (including phenoxy) is 1. The van der Waals surface area contributed by atoms with Gasteiger partial charge in [0, 0.05) is 12.6 Å². The first kappa shape index (κ1) is 16.1. The summed E-state index contributed by atoms with van der Waals surface area (Å²) in [5, 5.41) is 2.87. The summed E-state index contributed by atoms with van der Waals surface area (Å²) in [6.07, 6.45) is 7.89. The number of rotatable bonds is 8. The van der Waals surface area contributed by atoms with Gasteiger partial charge in [0.15, 0.2) is 0 Å². The quantitative estimate of drug-likeness (QED) is 0.436. The van der Waals surface area contributed by atoms with Crippen molar-refractivity contribution >= 4 is 17.7 Å². The van der Waals surface area contributed by atoms with E-state index in [1.54, 1.807) is 25.3 Å². The van der Waals surface area contributed by atoms with Gasteiger partial charge in [-0.15, -0.1) is 0 Å². The van der Waals surface area contributed by atoms with Crippen LogP contribution >= 0.6 is 0 Å². The maximum Gasteiger partial charge on any atom is 0.243 e. The number of unbranched alkanes of at least 4 members (excludes halogenated alkanes) is 3. The van der Waals surface area contributed by atoms with E-state index < -0.39 is 0 Å². The number of amides is 1. The van der Waals surface area contributed by atoms with Crippen molar-refractivity contribution in [1.29, 1.82) is 0 Å². The Morgan fingerprint density at radius 3 is 2.80 bits per heavy atom. The molecule has 0 spiro atoms. The molecule has 3 N–H and O–H groups in total. The van der Waals surface area contributed by atoms with Crippen LogP contribution in [0.4, 0.5) is 5.69 Å². The lowest BCUT2D eigenvalue weighted by Crippen LogP contribution is -2.21. The average molecular weight is 276 g/mol. The van der Waals surface area contributed by atoms with Gasteiger partial charge in [-0.05, 0) is 30.2 Å². The van der Waals surface area contributed by atoms with Crippen molar-refractivity contribution in [3.05, 3.63) is 29.8 Å². The summed E-state index contributed by atoms with van der Waals surface area (Å²) >= 11 is 0. The smallest absolute Gasteiger partial charge is 0.243 e. The van der Waals surface area contributed by atoms with Gasteiger partial charge < -0.3 is 15.8 Å². The monoisotopic (exact) mass is 276 g/mol. The van der Waals surface area contributed by atoms with Crippen LogP contribution in [0.25, 0.3) is 6.08 Å². The molecule has 0 aliphatic heterocycles. The largest absolute Gasteiger partial charge is 0.495 e. The van der Waals surface area contributed by atoms with E-state index in [-0.39, 0.29) is 5.91 Å². The van der Waals surface area contributed by atoms with E-state index >= 15 is 0 Å². The fourth-order valence-electron chi connectivity index (χ4n) is 1.85. The van der Waals surface area contributed by atoms with Crippen LogP contribution in [0.5, 0.6) is 5.75 Å². The average Bonchev–Trinajstić information content (AvgIpc) is 2.45. The number of carbonyl (C=O) groups excluding carboxylic acids is 1. The Morgan fingerprint density at radius 2 is 2.15 bits per heavy atom. The summed E-state index contributed by atoms with van der Waals surface area (Å²) in [6.45, 7) is 2.90. The van der Waals surface area contributed by atoms with E-state index in [2.05, 4.69) is 12.2 Å². The number of hydrogen-bond acceptors (Lipinski definition) is 3. The van der Waals surface area contributed by atoms with Crippen molar-refractivity contribution in [3.8, 4) is 5.75 Å². The predicted octanol–water partition coefficient (Wildman–Crippen LogP) is 2.99. The number of carbonyl (C=O) groups is 1. The van der Waals surface area contributed by atoms with Crippen LogP contribution < -0.4 is 15.8 Å². The minimum atomic E-state index is -0.0733. The SMILES string of the molecule is CCCCCCNC(=O)/C=C\c1ccc(OC)c(N)c1. The van der Waals surface area contributed by atoms with E-state index in [9.17, 15) is 4.79 Å². The predicted molar refractivity (Wildman–Crippen MR) is 83.6 cm³/mol. The number of benzene rings is 1. The van der Waals surface area contributed by atoms with E-state index in [1.807, 2.05) is 6.07 Å². The minimum absolute atomic E-state index is 0.0733. The lowest BCUT2D eigenvalue weighted by molar-refractivity contribution is -0.116. The van der Waals surface area contributed by atoms with Crippen LogP contribution in [-0.4, -0.2) is 19.6 Å². The molecular weight excluding hydrogens is 252 g/mol. The lowest BCUT2D eigenvalue weighted by Gasteiger charge is -2.04. The molecule has 1 amide bonds. The zero-order chi connectivity index (χ0) is 14.8. The molecular formula is C16H24N2O2. The molecule has 0 atom stereocenters. The third kappa shape index (κ3) is 5.78. The van der Waals surface area contributed by atoms with Gasteiger partial charge in [0.2, 0.25) is 5.91 Å². The van der Waals surface area contributed by atoms with Crippen LogP contribution in [0.15, 0.2) is 24.3 Å². The molecule has 0 radical (unpaired) electrons. The topological polar surface area (TPSA) is 64.3 Å². The molecule has 4 heteroatoms. The van der Waals surface area contributed by atoms with Gasteiger partial charge in [-0.3, -0.25) is 4.79 Å². The van der Waals surface area contributed by atoms with Gasteiger partial charge >= 0.3 is 0 Å². The molecule has 1 aromatic carbocycles. The lowest BCUT2D eigenvalue weighted by atomic mass is 10.1. The highest BCUT2D eigenvalue weighted by molar-refractivity contribution is 5.91. The van der Waals surface area contributed by atoms with Crippen molar-refractivity contribution < 1.29 is 9.53 Å². The van der Waals surface area contributed by atoms with E-state index in [4.69, 9.17) is 10.5 Å². The molecule has 0 unspecified atom stereocenters. The molecule has 110 valence electrons. The third-order valence-corrected chi connectivity index (χ3v) is 3.01. The van der Waals surface area contributed by atoms with Crippen molar-refractivity contribution in [2.24, 2.45) is 0 Å². The molecule has 0 heterocycles. The second kappa shape index (κ2) is 9.02. The van der Waals surface area contributed by atoms with Crippen molar-refractivity contribution in [2.75, 3.05) is 19.4 Å². The molecule has 4 nitrogen and oxygen atoms in total. The number of methoxy groups -OCH3 is 1. The number of nitrogens with one attached hydrogen (secondary N) is 1. The highest BCUT2D eigenvalue weighted by atomic mass is 16.5. The van der Waals surface area contributed by atoms with Gasteiger partial charge in [-0.2, -0.15) is 0 Å². The minimum Gasteiger partial charge on any atom is -0.495 e. The molecule has 1 aromatic rings.